The van der Waals surface area contributed by atoms with Crippen LogP contribution in [0.1, 0.15) is 15.9 Å². The number of aryl methyl sites for hydroxylation is 1. The van der Waals surface area contributed by atoms with Gasteiger partial charge in [-0.3, -0.25) is 19.1 Å². The lowest BCUT2D eigenvalue weighted by Crippen LogP contribution is -2.20. The predicted octanol–water partition coefficient (Wildman–Crippen LogP) is 5.62. The third-order valence-electron chi connectivity index (χ3n) is 6.21. The molecule has 192 valence electrons. The second-order valence-corrected chi connectivity index (χ2v) is 10.2. The Bertz CT molecular complexity index is 1660. The van der Waals surface area contributed by atoms with Gasteiger partial charge in [0.15, 0.2) is 0 Å². The zero-order valence-electron chi connectivity index (χ0n) is 21.5. The Morgan fingerprint density at radius 1 is 1.08 bits per heavy atom. The van der Waals surface area contributed by atoms with Gasteiger partial charge in [0.2, 0.25) is 0 Å². The smallest absolute Gasteiger partial charge is 0.263 e. The van der Waals surface area contributed by atoms with E-state index in [0.29, 0.717) is 34.7 Å². The maximum absolute atomic E-state index is 13.5. The highest BCUT2D eigenvalue weighted by atomic mass is 32.1. The van der Waals surface area contributed by atoms with Crippen LogP contribution in [0.4, 0.5) is 5.69 Å². The molecule has 0 radical (unpaired) electrons. The van der Waals surface area contributed by atoms with E-state index >= 15 is 0 Å². The molecule has 5 aromatic rings. The molecular weight excluding hydrogens is 496 g/mol. The molecule has 38 heavy (non-hydrogen) atoms. The predicted molar refractivity (Wildman–Crippen MR) is 154 cm³/mol. The number of hydrogen-bond acceptors (Lipinski definition) is 6. The number of rotatable bonds is 8. The van der Waals surface area contributed by atoms with Crippen molar-refractivity contribution in [3.63, 3.8) is 0 Å². The fourth-order valence-corrected chi connectivity index (χ4v) is 4.82. The van der Waals surface area contributed by atoms with Gasteiger partial charge in [-0.05, 0) is 85.9 Å². The highest BCUT2D eigenvalue weighted by molar-refractivity contribution is 7.13. The van der Waals surface area contributed by atoms with Gasteiger partial charge in [0.25, 0.3) is 11.5 Å². The summed E-state index contributed by atoms with van der Waals surface area (Å²) in [6.45, 7) is 3.25. The Morgan fingerprint density at radius 3 is 2.74 bits per heavy atom. The fourth-order valence-electron chi connectivity index (χ4n) is 4.12. The molecule has 0 spiro atoms. The number of aromatic nitrogens is 2. The summed E-state index contributed by atoms with van der Waals surface area (Å²) >= 11 is 1.57. The van der Waals surface area contributed by atoms with Crippen LogP contribution in [0.15, 0.2) is 89.3 Å². The normalized spacial score (nSPS) is 11.2. The molecule has 2 aromatic carbocycles. The standard InChI is InChI=1S/C30H28N4O3S/c1-20-6-8-23(32-29(35)22-10-12-31-26(17-22)28-5-4-16-38-28)18-27(20)34-13-11-21-7-9-24(19-25(21)30(34)36)37-15-14-33(2)3/h4-13,16-19H,14-15H2,1-3H3,(H,32,35). The lowest BCUT2D eigenvalue weighted by molar-refractivity contribution is 0.102. The minimum atomic E-state index is -0.245. The Balaban J connectivity index is 1.42. The van der Waals surface area contributed by atoms with Crippen molar-refractivity contribution in [3.8, 4) is 22.0 Å². The summed E-state index contributed by atoms with van der Waals surface area (Å²) in [5, 5.41) is 6.35. The SMILES string of the molecule is Cc1ccc(NC(=O)c2ccnc(-c3cccs3)c2)cc1-n1ccc2ccc(OCCN(C)C)cc2c1=O. The van der Waals surface area contributed by atoms with Crippen molar-refractivity contribution in [2.75, 3.05) is 32.6 Å². The number of nitrogens with one attached hydrogen (secondary N) is 1. The molecule has 0 aliphatic carbocycles. The van der Waals surface area contributed by atoms with Crippen molar-refractivity contribution in [3.05, 3.63) is 106 Å². The molecule has 0 bridgehead atoms. The summed E-state index contributed by atoms with van der Waals surface area (Å²) in [4.78, 5) is 34.0. The van der Waals surface area contributed by atoms with E-state index in [1.165, 1.54) is 0 Å². The van der Waals surface area contributed by atoms with E-state index in [4.69, 9.17) is 4.74 Å². The van der Waals surface area contributed by atoms with Gasteiger partial charge in [0.05, 0.1) is 21.6 Å². The second-order valence-electron chi connectivity index (χ2n) is 9.25. The molecule has 8 heteroatoms. The number of thiophene rings is 1. The first kappa shape index (κ1) is 25.4. The molecule has 0 saturated heterocycles. The molecule has 3 aromatic heterocycles. The van der Waals surface area contributed by atoms with Crippen LogP contribution in [0, 0.1) is 6.92 Å². The Labute approximate surface area is 225 Å². The van der Waals surface area contributed by atoms with E-state index in [0.717, 1.165) is 28.1 Å². The average molecular weight is 525 g/mol. The molecule has 1 amide bonds. The van der Waals surface area contributed by atoms with E-state index in [2.05, 4.69) is 10.3 Å². The van der Waals surface area contributed by atoms with Gasteiger partial charge in [-0.25, -0.2) is 0 Å². The van der Waals surface area contributed by atoms with Gasteiger partial charge >= 0.3 is 0 Å². The van der Waals surface area contributed by atoms with Gasteiger partial charge in [-0.2, -0.15) is 0 Å². The number of likely N-dealkylation sites (N-methyl/N-ethyl adjacent to an activating group) is 1. The highest BCUT2D eigenvalue weighted by Gasteiger charge is 2.13. The molecule has 0 saturated carbocycles. The van der Waals surface area contributed by atoms with Crippen LogP contribution in [-0.4, -0.2) is 47.6 Å². The van der Waals surface area contributed by atoms with Crippen molar-refractivity contribution in [2.24, 2.45) is 0 Å². The first-order valence-electron chi connectivity index (χ1n) is 12.2. The number of fused-ring (bicyclic) bond motifs is 1. The van der Waals surface area contributed by atoms with E-state index in [9.17, 15) is 9.59 Å². The number of anilines is 1. The van der Waals surface area contributed by atoms with Crippen LogP contribution in [0.2, 0.25) is 0 Å². The molecular formula is C30H28N4O3S. The van der Waals surface area contributed by atoms with Gasteiger partial charge in [-0.15, -0.1) is 11.3 Å². The summed E-state index contributed by atoms with van der Waals surface area (Å²) in [6, 6.07) is 20.4. The molecule has 5 rings (SSSR count). The maximum Gasteiger partial charge on any atom is 0.263 e. The van der Waals surface area contributed by atoms with Crippen LogP contribution in [0.25, 0.3) is 27.0 Å². The van der Waals surface area contributed by atoms with Crippen molar-refractivity contribution in [1.29, 1.82) is 0 Å². The molecule has 1 N–H and O–H groups in total. The number of pyridine rings is 2. The number of carbonyl (C=O) groups is 1. The molecule has 0 atom stereocenters. The van der Waals surface area contributed by atoms with Gasteiger partial charge in [0, 0.05) is 30.2 Å². The minimum Gasteiger partial charge on any atom is -0.492 e. The number of nitrogens with zero attached hydrogens (tertiary/aromatic N) is 3. The Hall–Kier alpha value is -4.27. The molecule has 0 aliphatic rings. The van der Waals surface area contributed by atoms with Crippen molar-refractivity contribution in [2.45, 2.75) is 6.92 Å². The van der Waals surface area contributed by atoms with Crippen molar-refractivity contribution in [1.82, 2.24) is 14.5 Å². The van der Waals surface area contributed by atoms with E-state index < -0.39 is 0 Å². The lowest BCUT2D eigenvalue weighted by Gasteiger charge is -2.14. The van der Waals surface area contributed by atoms with Crippen LogP contribution in [-0.2, 0) is 0 Å². The zero-order chi connectivity index (χ0) is 26.6. The van der Waals surface area contributed by atoms with Crippen molar-refractivity contribution < 1.29 is 9.53 Å². The summed E-state index contributed by atoms with van der Waals surface area (Å²) in [5.41, 5.74) is 3.31. The number of hydrogen-bond donors (Lipinski definition) is 1. The largest absolute Gasteiger partial charge is 0.492 e. The summed E-state index contributed by atoms with van der Waals surface area (Å²) in [7, 11) is 3.97. The second kappa shape index (κ2) is 11.0. The van der Waals surface area contributed by atoms with E-state index in [1.54, 1.807) is 46.5 Å². The minimum absolute atomic E-state index is 0.151. The topological polar surface area (TPSA) is 76.5 Å². The maximum atomic E-state index is 13.5. The molecule has 0 unspecified atom stereocenters. The first-order valence-corrected chi connectivity index (χ1v) is 13.1. The first-order chi connectivity index (χ1) is 18.4. The number of carbonyl (C=O) groups excluding carboxylic acids is 1. The lowest BCUT2D eigenvalue weighted by atomic mass is 10.1. The highest BCUT2D eigenvalue weighted by Crippen LogP contribution is 2.25. The molecule has 3 heterocycles. The molecule has 7 nitrogen and oxygen atoms in total. The number of amides is 1. The van der Waals surface area contributed by atoms with Crippen LogP contribution in [0.5, 0.6) is 5.75 Å². The van der Waals surface area contributed by atoms with E-state index in [-0.39, 0.29) is 11.5 Å². The summed E-state index contributed by atoms with van der Waals surface area (Å²) in [5.74, 6) is 0.414. The Kier molecular flexibility index (Phi) is 7.35. The number of benzene rings is 2. The van der Waals surface area contributed by atoms with Gasteiger partial charge in [-0.1, -0.05) is 18.2 Å². The Morgan fingerprint density at radius 2 is 1.95 bits per heavy atom. The summed E-state index contributed by atoms with van der Waals surface area (Å²) in [6.07, 6.45) is 3.40. The monoisotopic (exact) mass is 524 g/mol. The van der Waals surface area contributed by atoms with Gasteiger partial charge < -0.3 is 15.0 Å². The van der Waals surface area contributed by atoms with Crippen LogP contribution < -0.4 is 15.6 Å². The average Bonchev–Trinajstić information content (AvgIpc) is 3.46. The third-order valence-corrected chi connectivity index (χ3v) is 7.10. The number of ether oxygens (including phenoxy) is 1. The third kappa shape index (κ3) is 5.51. The molecule has 0 aliphatic heterocycles. The van der Waals surface area contributed by atoms with Crippen LogP contribution in [0.3, 0.4) is 0 Å². The van der Waals surface area contributed by atoms with Crippen LogP contribution >= 0.6 is 11.3 Å². The fraction of sp³-hybridized carbons (Fsp3) is 0.167. The van der Waals surface area contributed by atoms with Crippen molar-refractivity contribution >= 4 is 33.7 Å². The molecule has 0 fully saturated rings. The quantitative estimate of drug-likeness (QED) is 0.285. The zero-order valence-corrected chi connectivity index (χ0v) is 22.3. The summed E-state index contributed by atoms with van der Waals surface area (Å²) < 4.78 is 7.45. The van der Waals surface area contributed by atoms with E-state index in [1.807, 2.05) is 79.8 Å². The van der Waals surface area contributed by atoms with Gasteiger partial charge in [0.1, 0.15) is 12.4 Å².